The second kappa shape index (κ2) is 7.94. The van der Waals surface area contributed by atoms with Gasteiger partial charge in [0.05, 0.1) is 23.6 Å². The van der Waals surface area contributed by atoms with E-state index in [-0.39, 0.29) is 12.2 Å². The van der Waals surface area contributed by atoms with Gasteiger partial charge in [-0.1, -0.05) is 36.4 Å². The maximum atomic E-state index is 12.7. The third-order valence-corrected chi connectivity index (χ3v) is 4.97. The molecule has 0 saturated heterocycles. The van der Waals surface area contributed by atoms with Crippen LogP contribution in [0.4, 0.5) is 0 Å². The lowest BCUT2D eigenvalue weighted by Crippen LogP contribution is -2.17. The molecule has 7 nitrogen and oxygen atoms in total. The number of benzene rings is 1. The number of carbonyl (C=O) groups is 1. The molecule has 0 fully saturated rings. The lowest BCUT2D eigenvalue weighted by atomic mass is 10.2. The quantitative estimate of drug-likeness (QED) is 0.479. The first-order valence-corrected chi connectivity index (χ1v) is 9.66. The van der Waals surface area contributed by atoms with Gasteiger partial charge in [0.2, 0.25) is 0 Å². The standard InChI is InChI=1S/C23H22N4O3/c1-15-9-10-20-24-19(11-21(28)26(20)12-15)14-30-23(29)22-16(2)25-27(17(22)3)13-18-7-5-4-6-8-18/h4-12H,13-14H2,1-3H3. The lowest BCUT2D eigenvalue weighted by Gasteiger charge is -2.08. The fraction of sp³-hybridized carbons (Fsp3) is 0.217. The molecule has 0 aliphatic carbocycles. The van der Waals surface area contributed by atoms with E-state index in [2.05, 4.69) is 10.1 Å². The molecule has 3 heterocycles. The monoisotopic (exact) mass is 402 g/mol. The molecule has 0 N–H and O–H groups in total. The van der Waals surface area contributed by atoms with Crippen molar-refractivity contribution in [3.63, 3.8) is 0 Å². The van der Waals surface area contributed by atoms with Gasteiger partial charge in [-0.05, 0) is 38.0 Å². The lowest BCUT2D eigenvalue weighted by molar-refractivity contribution is 0.0466. The van der Waals surface area contributed by atoms with Crippen LogP contribution in [-0.4, -0.2) is 25.1 Å². The molecule has 0 atom stereocenters. The number of rotatable bonds is 5. The van der Waals surface area contributed by atoms with Crippen molar-refractivity contribution >= 4 is 11.6 Å². The van der Waals surface area contributed by atoms with Crippen LogP contribution in [0.3, 0.4) is 0 Å². The molecule has 4 rings (SSSR count). The number of hydrogen-bond acceptors (Lipinski definition) is 5. The van der Waals surface area contributed by atoms with Gasteiger partial charge in [-0.15, -0.1) is 0 Å². The Bertz CT molecular complexity index is 1290. The van der Waals surface area contributed by atoms with Crippen molar-refractivity contribution in [2.24, 2.45) is 0 Å². The zero-order chi connectivity index (χ0) is 21.3. The predicted octanol–water partition coefficient (Wildman–Crippen LogP) is 3.22. The van der Waals surface area contributed by atoms with Gasteiger partial charge >= 0.3 is 5.97 Å². The second-order valence-corrected chi connectivity index (χ2v) is 7.29. The molecule has 4 aromatic rings. The number of aryl methyl sites for hydroxylation is 2. The van der Waals surface area contributed by atoms with Crippen LogP contribution in [-0.2, 0) is 17.9 Å². The van der Waals surface area contributed by atoms with Crippen LogP contribution in [0.5, 0.6) is 0 Å². The summed E-state index contributed by atoms with van der Waals surface area (Å²) in [6.07, 6.45) is 1.73. The first-order valence-electron chi connectivity index (χ1n) is 9.66. The number of aromatic nitrogens is 4. The Balaban J connectivity index is 1.53. The third kappa shape index (κ3) is 3.87. The Morgan fingerprint density at radius 3 is 2.60 bits per heavy atom. The van der Waals surface area contributed by atoms with Crippen LogP contribution in [0.2, 0.25) is 0 Å². The van der Waals surface area contributed by atoms with Crippen molar-refractivity contribution < 1.29 is 9.53 Å². The molecule has 0 radical (unpaired) electrons. The average molecular weight is 402 g/mol. The summed E-state index contributed by atoms with van der Waals surface area (Å²) in [7, 11) is 0. The third-order valence-electron chi connectivity index (χ3n) is 4.97. The van der Waals surface area contributed by atoms with E-state index in [4.69, 9.17) is 4.74 Å². The van der Waals surface area contributed by atoms with E-state index in [9.17, 15) is 9.59 Å². The van der Waals surface area contributed by atoms with Gasteiger partial charge in [0.1, 0.15) is 17.8 Å². The molecule has 7 heteroatoms. The topological polar surface area (TPSA) is 78.5 Å². The molecule has 0 unspecified atom stereocenters. The molecule has 0 bridgehead atoms. The molecule has 0 saturated carbocycles. The zero-order valence-electron chi connectivity index (χ0n) is 17.1. The van der Waals surface area contributed by atoms with E-state index in [0.29, 0.717) is 29.1 Å². The first kappa shape index (κ1) is 19.6. The van der Waals surface area contributed by atoms with E-state index in [1.807, 2.05) is 50.2 Å². The highest BCUT2D eigenvalue weighted by Crippen LogP contribution is 2.17. The van der Waals surface area contributed by atoms with Crippen molar-refractivity contribution in [1.29, 1.82) is 0 Å². The number of pyridine rings is 1. The minimum atomic E-state index is -0.477. The van der Waals surface area contributed by atoms with Gasteiger partial charge in [-0.3, -0.25) is 13.9 Å². The summed E-state index contributed by atoms with van der Waals surface area (Å²) in [4.78, 5) is 29.5. The molecule has 0 spiro atoms. The Hall–Kier alpha value is -3.74. The van der Waals surface area contributed by atoms with Crippen LogP contribution in [0, 0.1) is 20.8 Å². The van der Waals surface area contributed by atoms with Gasteiger partial charge in [0, 0.05) is 12.3 Å². The fourth-order valence-electron chi connectivity index (χ4n) is 3.45. The summed E-state index contributed by atoms with van der Waals surface area (Å²) < 4.78 is 8.73. The highest BCUT2D eigenvalue weighted by atomic mass is 16.5. The number of esters is 1. The van der Waals surface area contributed by atoms with E-state index >= 15 is 0 Å². The maximum Gasteiger partial charge on any atom is 0.342 e. The van der Waals surface area contributed by atoms with Gasteiger partial charge < -0.3 is 4.74 Å². The van der Waals surface area contributed by atoms with E-state index < -0.39 is 5.97 Å². The van der Waals surface area contributed by atoms with Crippen molar-refractivity contribution in [1.82, 2.24) is 19.2 Å². The maximum absolute atomic E-state index is 12.7. The number of hydrogen-bond donors (Lipinski definition) is 0. The zero-order valence-corrected chi connectivity index (χ0v) is 17.1. The number of fused-ring (bicyclic) bond motifs is 1. The van der Waals surface area contributed by atoms with Crippen molar-refractivity contribution in [2.45, 2.75) is 33.9 Å². The minimum Gasteiger partial charge on any atom is -0.455 e. The van der Waals surface area contributed by atoms with Crippen LogP contribution in [0.1, 0.15) is 38.6 Å². The van der Waals surface area contributed by atoms with E-state index in [1.54, 1.807) is 23.9 Å². The van der Waals surface area contributed by atoms with E-state index in [1.165, 1.54) is 10.5 Å². The van der Waals surface area contributed by atoms with Crippen molar-refractivity contribution in [3.05, 3.63) is 98.9 Å². The number of carbonyl (C=O) groups excluding carboxylic acids is 1. The van der Waals surface area contributed by atoms with Crippen LogP contribution < -0.4 is 5.56 Å². The Morgan fingerprint density at radius 2 is 1.83 bits per heavy atom. The number of nitrogens with zero attached hydrogens (tertiary/aromatic N) is 4. The van der Waals surface area contributed by atoms with Crippen LogP contribution in [0.15, 0.2) is 59.5 Å². The smallest absolute Gasteiger partial charge is 0.342 e. The van der Waals surface area contributed by atoms with E-state index in [0.717, 1.165) is 16.8 Å². The Morgan fingerprint density at radius 1 is 1.07 bits per heavy atom. The number of ether oxygens (including phenoxy) is 1. The molecular formula is C23H22N4O3. The highest BCUT2D eigenvalue weighted by molar-refractivity contribution is 5.91. The fourth-order valence-corrected chi connectivity index (χ4v) is 3.45. The summed E-state index contributed by atoms with van der Waals surface area (Å²) >= 11 is 0. The SMILES string of the molecule is Cc1ccc2nc(COC(=O)c3c(C)nn(Cc4ccccc4)c3C)cc(=O)n2c1. The van der Waals surface area contributed by atoms with Crippen LogP contribution >= 0.6 is 0 Å². The molecule has 0 aliphatic heterocycles. The normalized spacial score (nSPS) is 11.0. The molecule has 1 aromatic carbocycles. The van der Waals surface area contributed by atoms with Crippen LogP contribution in [0.25, 0.3) is 5.65 Å². The molecule has 30 heavy (non-hydrogen) atoms. The largest absolute Gasteiger partial charge is 0.455 e. The molecular weight excluding hydrogens is 380 g/mol. The van der Waals surface area contributed by atoms with Gasteiger partial charge in [-0.25, -0.2) is 9.78 Å². The van der Waals surface area contributed by atoms with Crippen molar-refractivity contribution in [2.75, 3.05) is 0 Å². The Labute approximate surface area is 173 Å². The summed E-state index contributed by atoms with van der Waals surface area (Å²) in [6, 6.07) is 15.0. The van der Waals surface area contributed by atoms with Gasteiger partial charge in [0.25, 0.3) is 5.56 Å². The summed E-state index contributed by atoms with van der Waals surface area (Å²) in [5.74, 6) is -0.477. The average Bonchev–Trinajstić information content (AvgIpc) is 3.00. The molecule has 3 aromatic heterocycles. The molecule has 0 aliphatic rings. The second-order valence-electron chi connectivity index (χ2n) is 7.29. The summed E-state index contributed by atoms with van der Waals surface area (Å²) in [6.45, 7) is 6.03. The first-order chi connectivity index (χ1) is 14.4. The summed E-state index contributed by atoms with van der Waals surface area (Å²) in [5.41, 5.74) is 4.56. The predicted molar refractivity (Wildman–Crippen MR) is 113 cm³/mol. The molecule has 152 valence electrons. The van der Waals surface area contributed by atoms with Gasteiger partial charge in [-0.2, -0.15) is 5.10 Å². The van der Waals surface area contributed by atoms with Crippen molar-refractivity contribution in [3.8, 4) is 0 Å². The Kier molecular flexibility index (Phi) is 5.18. The highest BCUT2D eigenvalue weighted by Gasteiger charge is 2.20. The minimum absolute atomic E-state index is 0.0821. The van der Waals surface area contributed by atoms with Gasteiger partial charge in [0.15, 0.2) is 0 Å². The summed E-state index contributed by atoms with van der Waals surface area (Å²) in [5, 5.41) is 4.49. The molecule has 0 amide bonds.